The van der Waals surface area contributed by atoms with Crippen molar-refractivity contribution in [3.8, 4) is 5.75 Å². The zero-order valence-corrected chi connectivity index (χ0v) is 11.7. The van der Waals surface area contributed by atoms with Crippen molar-refractivity contribution in [3.63, 3.8) is 0 Å². The lowest BCUT2D eigenvalue weighted by atomic mass is 10.0. The van der Waals surface area contributed by atoms with Gasteiger partial charge in [-0.15, -0.1) is 0 Å². The molecule has 1 amide bonds. The van der Waals surface area contributed by atoms with Gasteiger partial charge in [0, 0.05) is 12.6 Å². The molecule has 1 atom stereocenters. The van der Waals surface area contributed by atoms with E-state index in [0.29, 0.717) is 19.1 Å². The second kappa shape index (κ2) is 6.57. The Balaban J connectivity index is 2.07. The molecule has 0 aromatic heterocycles. The zero-order chi connectivity index (χ0) is 13.7. The van der Waals surface area contributed by atoms with Crippen molar-refractivity contribution in [2.45, 2.75) is 25.8 Å². The normalized spacial score (nSPS) is 19.4. The molecule has 2 rings (SSSR count). The van der Waals surface area contributed by atoms with E-state index in [0.717, 1.165) is 25.1 Å². The number of nitrogens with one attached hydrogen (secondary N) is 1. The molecule has 1 N–H and O–H groups in total. The van der Waals surface area contributed by atoms with Crippen LogP contribution in [-0.4, -0.2) is 37.6 Å². The van der Waals surface area contributed by atoms with Gasteiger partial charge in [-0.25, -0.2) is 0 Å². The summed E-state index contributed by atoms with van der Waals surface area (Å²) in [6.07, 6.45) is 2.24. The van der Waals surface area contributed by atoms with E-state index in [1.54, 1.807) is 7.11 Å². The third-order valence-electron chi connectivity index (χ3n) is 3.56. The lowest BCUT2D eigenvalue weighted by Crippen LogP contribution is -2.36. The topological polar surface area (TPSA) is 41.6 Å². The second-order valence-electron chi connectivity index (χ2n) is 4.86. The molecule has 0 aliphatic carbocycles. The Morgan fingerprint density at radius 2 is 2.37 bits per heavy atom. The summed E-state index contributed by atoms with van der Waals surface area (Å²) in [5.41, 5.74) is 1.24. The first-order valence-electron chi connectivity index (χ1n) is 6.89. The van der Waals surface area contributed by atoms with Gasteiger partial charge in [-0.3, -0.25) is 9.69 Å². The van der Waals surface area contributed by atoms with Crippen LogP contribution in [0.25, 0.3) is 0 Å². The summed E-state index contributed by atoms with van der Waals surface area (Å²) in [6, 6.07) is 8.48. The standard InChI is InChI=1S/C15H22N2O2/c1-3-16-15(18)11-17-9-5-8-14(17)12-6-4-7-13(10-12)19-2/h4,6-7,10,14H,3,5,8-9,11H2,1-2H3,(H,16,18). The number of ether oxygens (including phenoxy) is 1. The van der Waals surface area contributed by atoms with Crippen LogP contribution in [0.4, 0.5) is 0 Å². The maximum Gasteiger partial charge on any atom is 0.234 e. The maximum atomic E-state index is 11.7. The third-order valence-corrected chi connectivity index (χ3v) is 3.56. The van der Waals surface area contributed by atoms with Crippen LogP contribution in [0.3, 0.4) is 0 Å². The van der Waals surface area contributed by atoms with E-state index in [9.17, 15) is 4.79 Å². The van der Waals surface area contributed by atoms with Gasteiger partial charge >= 0.3 is 0 Å². The molecule has 104 valence electrons. The molecule has 0 spiro atoms. The van der Waals surface area contributed by atoms with E-state index < -0.39 is 0 Å². The Hall–Kier alpha value is -1.55. The average Bonchev–Trinajstić information content (AvgIpc) is 2.87. The number of rotatable bonds is 5. The summed E-state index contributed by atoms with van der Waals surface area (Å²) in [4.78, 5) is 14.0. The largest absolute Gasteiger partial charge is 0.497 e. The molecule has 1 aliphatic heterocycles. The molecule has 4 heteroatoms. The maximum absolute atomic E-state index is 11.7. The number of likely N-dealkylation sites (tertiary alicyclic amines) is 1. The fraction of sp³-hybridized carbons (Fsp3) is 0.533. The van der Waals surface area contributed by atoms with Gasteiger partial charge in [-0.05, 0) is 44.0 Å². The molecule has 1 aromatic rings. The summed E-state index contributed by atoms with van der Waals surface area (Å²) in [5, 5.41) is 2.86. The Morgan fingerprint density at radius 3 is 3.11 bits per heavy atom. The van der Waals surface area contributed by atoms with Crippen molar-refractivity contribution in [1.82, 2.24) is 10.2 Å². The minimum atomic E-state index is 0.109. The summed E-state index contributed by atoms with van der Waals surface area (Å²) >= 11 is 0. The molecular weight excluding hydrogens is 240 g/mol. The molecule has 0 bridgehead atoms. The highest BCUT2D eigenvalue weighted by Crippen LogP contribution is 2.32. The van der Waals surface area contributed by atoms with Crippen LogP contribution in [0.1, 0.15) is 31.4 Å². The van der Waals surface area contributed by atoms with Crippen LogP contribution in [0, 0.1) is 0 Å². The number of benzene rings is 1. The van der Waals surface area contributed by atoms with Gasteiger partial charge in [-0.1, -0.05) is 12.1 Å². The van der Waals surface area contributed by atoms with Crippen LogP contribution in [-0.2, 0) is 4.79 Å². The molecule has 1 fully saturated rings. The molecule has 19 heavy (non-hydrogen) atoms. The Morgan fingerprint density at radius 1 is 1.53 bits per heavy atom. The summed E-state index contributed by atoms with van der Waals surface area (Å²) < 4.78 is 5.27. The van der Waals surface area contributed by atoms with Gasteiger partial charge in [-0.2, -0.15) is 0 Å². The highest BCUT2D eigenvalue weighted by molar-refractivity contribution is 5.78. The SMILES string of the molecule is CCNC(=O)CN1CCCC1c1cccc(OC)c1. The van der Waals surface area contributed by atoms with Crippen molar-refractivity contribution in [2.75, 3.05) is 26.7 Å². The number of nitrogens with zero attached hydrogens (tertiary/aromatic N) is 1. The van der Waals surface area contributed by atoms with Gasteiger partial charge in [0.1, 0.15) is 5.75 Å². The molecular formula is C15H22N2O2. The monoisotopic (exact) mass is 262 g/mol. The van der Waals surface area contributed by atoms with Crippen molar-refractivity contribution >= 4 is 5.91 Å². The average molecular weight is 262 g/mol. The molecule has 0 saturated carbocycles. The molecule has 1 aromatic carbocycles. The van der Waals surface area contributed by atoms with Crippen molar-refractivity contribution in [2.24, 2.45) is 0 Å². The van der Waals surface area contributed by atoms with Crippen LogP contribution in [0.5, 0.6) is 5.75 Å². The van der Waals surface area contributed by atoms with Gasteiger partial charge in [0.25, 0.3) is 0 Å². The lowest BCUT2D eigenvalue weighted by molar-refractivity contribution is -0.122. The smallest absolute Gasteiger partial charge is 0.234 e. The summed E-state index contributed by atoms with van der Waals surface area (Å²) in [7, 11) is 1.68. The number of amides is 1. The van der Waals surface area contributed by atoms with E-state index in [4.69, 9.17) is 4.74 Å². The fourth-order valence-corrected chi connectivity index (χ4v) is 2.68. The highest BCUT2D eigenvalue weighted by atomic mass is 16.5. The Bertz CT molecular complexity index is 434. The van der Waals surface area contributed by atoms with Crippen molar-refractivity contribution in [1.29, 1.82) is 0 Å². The first-order chi connectivity index (χ1) is 9.24. The predicted octanol–water partition coefficient (Wildman–Crippen LogP) is 1.97. The van der Waals surface area contributed by atoms with E-state index >= 15 is 0 Å². The lowest BCUT2D eigenvalue weighted by Gasteiger charge is -2.24. The number of hydrogen-bond acceptors (Lipinski definition) is 3. The van der Waals surface area contributed by atoms with Crippen LogP contribution < -0.4 is 10.1 Å². The minimum Gasteiger partial charge on any atom is -0.497 e. The number of hydrogen-bond donors (Lipinski definition) is 1. The number of likely N-dealkylation sites (N-methyl/N-ethyl adjacent to an activating group) is 1. The summed E-state index contributed by atoms with van der Waals surface area (Å²) in [5.74, 6) is 0.986. The Kier molecular flexibility index (Phi) is 4.80. The molecule has 4 nitrogen and oxygen atoms in total. The van der Waals surface area contributed by atoms with E-state index in [-0.39, 0.29) is 5.91 Å². The van der Waals surface area contributed by atoms with Crippen LogP contribution >= 0.6 is 0 Å². The second-order valence-corrected chi connectivity index (χ2v) is 4.86. The quantitative estimate of drug-likeness (QED) is 0.882. The third kappa shape index (κ3) is 3.47. The Labute approximate surface area is 114 Å². The van der Waals surface area contributed by atoms with Crippen molar-refractivity contribution in [3.05, 3.63) is 29.8 Å². The predicted molar refractivity (Wildman–Crippen MR) is 75.2 cm³/mol. The van der Waals surface area contributed by atoms with E-state index in [1.165, 1.54) is 5.56 Å². The number of carbonyl (C=O) groups is 1. The van der Waals surface area contributed by atoms with Gasteiger partial charge in [0.2, 0.25) is 5.91 Å². The molecule has 1 heterocycles. The van der Waals surface area contributed by atoms with Gasteiger partial charge in [0.05, 0.1) is 13.7 Å². The zero-order valence-electron chi connectivity index (χ0n) is 11.7. The van der Waals surface area contributed by atoms with E-state index in [1.807, 2.05) is 19.1 Å². The molecule has 1 saturated heterocycles. The van der Waals surface area contributed by atoms with Crippen LogP contribution in [0.2, 0.25) is 0 Å². The first-order valence-corrected chi connectivity index (χ1v) is 6.89. The minimum absolute atomic E-state index is 0.109. The fourth-order valence-electron chi connectivity index (χ4n) is 2.68. The highest BCUT2D eigenvalue weighted by Gasteiger charge is 2.27. The van der Waals surface area contributed by atoms with Crippen LogP contribution in [0.15, 0.2) is 24.3 Å². The van der Waals surface area contributed by atoms with E-state index in [2.05, 4.69) is 22.3 Å². The molecule has 1 aliphatic rings. The number of methoxy groups -OCH3 is 1. The molecule has 0 radical (unpaired) electrons. The van der Waals surface area contributed by atoms with Gasteiger partial charge < -0.3 is 10.1 Å². The number of carbonyl (C=O) groups excluding carboxylic acids is 1. The summed E-state index contributed by atoms with van der Waals surface area (Å²) in [6.45, 7) is 4.10. The van der Waals surface area contributed by atoms with Crippen molar-refractivity contribution < 1.29 is 9.53 Å². The molecule has 1 unspecified atom stereocenters. The first kappa shape index (κ1) is 13.9. The van der Waals surface area contributed by atoms with Gasteiger partial charge in [0.15, 0.2) is 0 Å².